The van der Waals surface area contributed by atoms with Gasteiger partial charge < -0.3 is 4.74 Å². The number of aryl methyl sites for hydroxylation is 1. The van der Waals surface area contributed by atoms with Crippen LogP contribution in [0, 0.1) is 0 Å². The second-order valence-electron chi connectivity index (χ2n) is 5.39. The summed E-state index contributed by atoms with van der Waals surface area (Å²) in [4.78, 5) is 6.89. The van der Waals surface area contributed by atoms with Crippen LogP contribution in [0.1, 0.15) is 37.6 Å². The molecule has 2 atom stereocenters. The molecule has 19 heavy (non-hydrogen) atoms. The molecule has 1 aromatic heterocycles. The van der Waals surface area contributed by atoms with Crippen molar-refractivity contribution >= 4 is 6.08 Å². The van der Waals surface area contributed by atoms with Crippen LogP contribution in [0.5, 0.6) is 0 Å². The number of rotatable bonds is 4. The number of nitrogens with zero attached hydrogens (tertiary/aromatic N) is 2. The number of morpholine rings is 1. The average Bonchev–Trinajstić information content (AvgIpc) is 2.38. The van der Waals surface area contributed by atoms with Crippen molar-refractivity contribution in [1.82, 2.24) is 9.88 Å². The first-order chi connectivity index (χ1) is 9.12. The lowest BCUT2D eigenvalue weighted by molar-refractivity contribution is -0.0705. The first-order valence-electron chi connectivity index (χ1n) is 7.10. The molecule has 1 saturated heterocycles. The molecule has 2 rings (SSSR count). The van der Waals surface area contributed by atoms with E-state index in [9.17, 15) is 0 Å². The molecule has 0 saturated carbocycles. The van der Waals surface area contributed by atoms with Gasteiger partial charge >= 0.3 is 0 Å². The summed E-state index contributed by atoms with van der Waals surface area (Å²) in [6.45, 7) is 13.2. The van der Waals surface area contributed by atoms with Crippen LogP contribution >= 0.6 is 0 Å². The van der Waals surface area contributed by atoms with Gasteiger partial charge in [-0.3, -0.25) is 9.88 Å². The van der Waals surface area contributed by atoms with Gasteiger partial charge in [0.05, 0.1) is 17.9 Å². The zero-order valence-electron chi connectivity index (χ0n) is 12.2. The molecular formula is C16H24N2O. The molecule has 0 aliphatic carbocycles. The number of ether oxygens (including phenoxy) is 1. The van der Waals surface area contributed by atoms with E-state index in [0.29, 0.717) is 12.2 Å². The molecule has 0 N–H and O–H groups in total. The van der Waals surface area contributed by atoms with Crippen molar-refractivity contribution in [2.75, 3.05) is 13.1 Å². The first kappa shape index (κ1) is 14.2. The molecule has 0 aromatic carbocycles. The minimum atomic E-state index is 0.314. The molecule has 3 nitrogen and oxygen atoms in total. The molecule has 104 valence electrons. The number of aromatic nitrogens is 1. The Morgan fingerprint density at radius 3 is 2.63 bits per heavy atom. The van der Waals surface area contributed by atoms with E-state index in [4.69, 9.17) is 4.74 Å². The van der Waals surface area contributed by atoms with Gasteiger partial charge in [-0.05, 0) is 43.5 Å². The van der Waals surface area contributed by atoms with Crippen molar-refractivity contribution in [3.05, 3.63) is 35.7 Å². The Balaban J connectivity index is 2.11. The standard InChI is InChI=1S/C16H24N2O/c1-5-14-7-16(6-2)17-8-15(14)11-18-9-12(3)19-13(4)10-18/h6-8,12-13H,2,5,9-11H2,1,3-4H3. The minimum absolute atomic E-state index is 0.314. The van der Waals surface area contributed by atoms with Crippen LogP contribution < -0.4 is 0 Å². The van der Waals surface area contributed by atoms with Gasteiger partial charge in [0.2, 0.25) is 0 Å². The maximum Gasteiger partial charge on any atom is 0.0678 e. The fourth-order valence-electron chi connectivity index (χ4n) is 2.78. The van der Waals surface area contributed by atoms with Crippen molar-refractivity contribution in [1.29, 1.82) is 0 Å². The summed E-state index contributed by atoms with van der Waals surface area (Å²) in [7, 11) is 0. The summed E-state index contributed by atoms with van der Waals surface area (Å²) in [5, 5.41) is 0. The van der Waals surface area contributed by atoms with E-state index in [0.717, 1.165) is 31.7 Å². The van der Waals surface area contributed by atoms with E-state index < -0.39 is 0 Å². The zero-order valence-corrected chi connectivity index (χ0v) is 12.2. The monoisotopic (exact) mass is 260 g/mol. The SMILES string of the molecule is C=Cc1cc(CC)c(CN2CC(C)OC(C)C2)cn1. The second-order valence-corrected chi connectivity index (χ2v) is 5.39. The normalized spacial score (nSPS) is 24.4. The minimum Gasteiger partial charge on any atom is -0.373 e. The smallest absolute Gasteiger partial charge is 0.0678 e. The third kappa shape index (κ3) is 3.64. The maximum absolute atomic E-state index is 5.78. The summed E-state index contributed by atoms with van der Waals surface area (Å²) in [5.41, 5.74) is 3.66. The molecule has 2 heterocycles. The number of hydrogen-bond acceptors (Lipinski definition) is 3. The second kappa shape index (κ2) is 6.31. The predicted molar refractivity (Wildman–Crippen MR) is 79.0 cm³/mol. The highest BCUT2D eigenvalue weighted by molar-refractivity contribution is 5.44. The Labute approximate surface area is 116 Å². The number of pyridine rings is 1. The summed E-state index contributed by atoms with van der Waals surface area (Å²) in [6, 6.07) is 2.15. The molecule has 1 aliphatic rings. The topological polar surface area (TPSA) is 25.4 Å². The van der Waals surface area contributed by atoms with Crippen molar-refractivity contribution < 1.29 is 4.74 Å². The van der Waals surface area contributed by atoms with Crippen molar-refractivity contribution in [3.8, 4) is 0 Å². The van der Waals surface area contributed by atoms with Gasteiger partial charge in [0.25, 0.3) is 0 Å². The highest BCUT2D eigenvalue weighted by atomic mass is 16.5. The molecule has 0 amide bonds. The summed E-state index contributed by atoms with van der Waals surface area (Å²) >= 11 is 0. The molecule has 2 unspecified atom stereocenters. The van der Waals surface area contributed by atoms with Gasteiger partial charge in [0.15, 0.2) is 0 Å². The summed E-state index contributed by atoms with van der Waals surface area (Å²) < 4.78 is 5.78. The highest BCUT2D eigenvalue weighted by Crippen LogP contribution is 2.17. The maximum atomic E-state index is 5.78. The quantitative estimate of drug-likeness (QED) is 0.832. The van der Waals surface area contributed by atoms with Gasteiger partial charge in [-0.15, -0.1) is 0 Å². The van der Waals surface area contributed by atoms with E-state index in [1.807, 2.05) is 12.3 Å². The van der Waals surface area contributed by atoms with Gasteiger partial charge in [-0.1, -0.05) is 13.5 Å². The Hall–Kier alpha value is -1.19. The third-order valence-electron chi connectivity index (χ3n) is 3.58. The lowest BCUT2D eigenvalue weighted by Crippen LogP contribution is -2.44. The van der Waals surface area contributed by atoms with Crippen LogP contribution in [-0.2, 0) is 17.7 Å². The molecule has 0 spiro atoms. The largest absolute Gasteiger partial charge is 0.373 e. The van der Waals surface area contributed by atoms with Crippen LogP contribution in [0.3, 0.4) is 0 Å². The lowest BCUT2D eigenvalue weighted by atomic mass is 10.1. The van der Waals surface area contributed by atoms with Crippen molar-refractivity contribution in [2.45, 2.75) is 45.9 Å². The van der Waals surface area contributed by atoms with Crippen molar-refractivity contribution in [2.24, 2.45) is 0 Å². The Morgan fingerprint density at radius 1 is 1.37 bits per heavy atom. The van der Waals surface area contributed by atoms with E-state index in [1.165, 1.54) is 11.1 Å². The first-order valence-corrected chi connectivity index (χ1v) is 7.10. The van der Waals surface area contributed by atoms with E-state index in [2.05, 4.69) is 43.3 Å². The van der Waals surface area contributed by atoms with Gasteiger partial charge in [-0.2, -0.15) is 0 Å². The third-order valence-corrected chi connectivity index (χ3v) is 3.58. The molecule has 1 aliphatic heterocycles. The molecule has 1 fully saturated rings. The van der Waals surface area contributed by atoms with Crippen LogP contribution in [0.25, 0.3) is 6.08 Å². The lowest BCUT2D eigenvalue weighted by Gasteiger charge is -2.35. The van der Waals surface area contributed by atoms with Gasteiger partial charge in [0, 0.05) is 25.8 Å². The van der Waals surface area contributed by atoms with E-state index >= 15 is 0 Å². The fourth-order valence-corrected chi connectivity index (χ4v) is 2.78. The zero-order chi connectivity index (χ0) is 13.8. The predicted octanol–water partition coefficient (Wildman–Crippen LogP) is 2.90. The molecule has 0 radical (unpaired) electrons. The Kier molecular flexibility index (Phi) is 4.72. The summed E-state index contributed by atoms with van der Waals surface area (Å²) in [6.07, 6.45) is 5.47. The molecule has 0 bridgehead atoms. The average molecular weight is 260 g/mol. The Morgan fingerprint density at radius 2 is 2.05 bits per heavy atom. The van der Waals surface area contributed by atoms with Crippen LogP contribution in [0.4, 0.5) is 0 Å². The van der Waals surface area contributed by atoms with Crippen molar-refractivity contribution in [3.63, 3.8) is 0 Å². The van der Waals surface area contributed by atoms with Crippen LogP contribution in [0.2, 0.25) is 0 Å². The van der Waals surface area contributed by atoms with Crippen LogP contribution in [0.15, 0.2) is 18.8 Å². The molecular weight excluding hydrogens is 236 g/mol. The Bertz CT molecular complexity index is 434. The molecule has 3 heteroatoms. The van der Waals surface area contributed by atoms with Crippen LogP contribution in [-0.4, -0.2) is 35.2 Å². The van der Waals surface area contributed by atoms with E-state index in [1.54, 1.807) is 0 Å². The highest BCUT2D eigenvalue weighted by Gasteiger charge is 2.22. The fraction of sp³-hybridized carbons (Fsp3) is 0.562. The van der Waals surface area contributed by atoms with E-state index in [-0.39, 0.29) is 0 Å². The number of hydrogen-bond donors (Lipinski definition) is 0. The van der Waals surface area contributed by atoms with Gasteiger partial charge in [0.1, 0.15) is 0 Å². The molecule has 1 aromatic rings. The van der Waals surface area contributed by atoms with Gasteiger partial charge in [-0.25, -0.2) is 0 Å². The summed E-state index contributed by atoms with van der Waals surface area (Å²) in [5.74, 6) is 0.